The molecule has 0 aliphatic heterocycles. The van der Waals surface area contributed by atoms with Crippen LogP contribution in [0.2, 0.25) is 0 Å². The monoisotopic (exact) mass is 312 g/mol. The topological polar surface area (TPSA) is 68.3 Å². The Morgan fingerprint density at radius 2 is 2.20 bits per heavy atom. The molecule has 1 heterocycles. The summed E-state index contributed by atoms with van der Waals surface area (Å²) in [5, 5.41) is 2.07. The van der Waals surface area contributed by atoms with Crippen molar-refractivity contribution in [2.45, 2.75) is 31.5 Å². The summed E-state index contributed by atoms with van der Waals surface area (Å²) in [7, 11) is -3.60. The van der Waals surface area contributed by atoms with Gasteiger partial charge < -0.3 is 4.74 Å². The van der Waals surface area contributed by atoms with Crippen LogP contribution in [-0.2, 0) is 21.4 Å². The standard InChI is InChI=1S/C13H16N2O3S2/c1-10(2)18-9-11-4-3-5-12(8-11)20(16,17)15-13-14-6-7-19-13/h3-8,10H,9H2,1-2H3,(H,14,15). The van der Waals surface area contributed by atoms with E-state index in [0.717, 1.165) is 5.56 Å². The summed E-state index contributed by atoms with van der Waals surface area (Å²) in [5.41, 5.74) is 0.820. The quantitative estimate of drug-likeness (QED) is 0.890. The summed E-state index contributed by atoms with van der Waals surface area (Å²) in [6.07, 6.45) is 1.65. The van der Waals surface area contributed by atoms with Crippen LogP contribution in [0, 0.1) is 0 Å². The van der Waals surface area contributed by atoms with Gasteiger partial charge in [-0.15, -0.1) is 11.3 Å². The van der Waals surface area contributed by atoms with Gasteiger partial charge in [-0.05, 0) is 31.5 Å². The molecule has 5 nitrogen and oxygen atoms in total. The summed E-state index contributed by atoms with van der Waals surface area (Å²) in [6.45, 7) is 4.26. The van der Waals surface area contributed by atoms with E-state index in [-0.39, 0.29) is 11.0 Å². The smallest absolute Gasteiger partial charge is 0.263 e. The van der Waals surface area contributed by atoms with Crippen LogP contribution in [0.15, 0.2) is 40.7 Å². The highest BCUT2D eigenvalue weighted by Gasteiger charge is 2.15. The Bertz CT molecular complexity index is 652. The van der Waals surface area contributed by atoms with Gasteiger partial charge >= 0.3 is 0 Å². The summed E-state index contributed by atoms with van der Waals surface area (Å²) in [6, 6.07) is 6.70. The average molecular weight is 312 g/mol. The Labute approximate surface area is 122 Å². The number of sulfonamides is 1. The van der Waals surface area contributed by atoms with Crippen LogP contribution in [0.25, 0.3) is 0 Å². The third-order valence-corrected chi connectivity index (χ3v) is 4.60. The average Bonchev–Trinajstić information content (AvgIpc) is 2.89. The van der Waals surface area contributed by atoms with Crippen LogP contribution in [0.5, 0.6) is 0 Å². The molecule has 2 aromatic rings. The van der Waals surface area contributed by atoms with Gasteiger partial charge in [0.1, 0.15) is 0 Å². The van der Waals surface area contributed by atoms with Gasteiger partial charge in [-0.25, -0.2) is 13.4 Å². The number of ether oxygens (including phenoxy) is 1. The van der Waals surface area contributed by atoms with E-state index in [0.29, 0.717) is 11.7 Å². The minimum atomic E-state index is -3.60. The van der Waals surface area contributed by atoms with Crippen molar-refractivity contribution >= 4 is 26.5 Å². The van der Waals surface area contributed by atoms with E-state index in [1.165, 1.54) is 11.3 Å². The van der Waals surface area contributed by atoms with Crippen molar-refractivity contribution in [1.29, 1.82) is 0 Å². The lowest BCUT2D eigenvalue weighted by molar-refractivity contribution is 0.0656. The fourth-order valence-electron chi connectivity index (χ4n) is 1.51. The maximum absolute atomic E-state index is 12.2. The summed E-state index contributed by atoms with van der Waals surface area (Å²) in [5.74, 6) is 0. The molecule has 0 saturated carbocycles. The first-order valence-electron chi connectivity index (χ1n) is 6.10. The van der Waals surface area contributed by atoms with Crippen molar-refractivity contribution in [2.75, 3.05) is 4.72 Å². The molecule has 1 aromatic heterocycles. The highest BCUT2D eigenvalue weighted by Crippen LogP contribution is 2.19. The molecule has 0 aliphatic rings. The molecular weight excluding hydrogens is 296 g/mol. The number of anilines is 1. The largest absolute Gasteiger partial charge is 0.374 e. The van der Waals surface area contributed by atoms with E-state index in [1.807, 2.05) is 19.9 Å². The number of nitrogens with zero attached hydrogens (tertiary/aromatic N) is 1. The Morgan fingerprint density at radius 3 is 2.85 bits per heavy atom. The summed E-state index contributed by atoms with van der Waals surface area (Å²) in [4.78, 5) is 4.12. The highest BCUT2D eigenvalue weighted by atomic mass is 32.2. The van der Waals surface area contributed by atoms with Crippen LogP contribution in [0.4, 0.5) is 5.13 Å². The van der Waals surface area contributed by atoms with Gasteiger partial charge in [0, 0.05) is 11.6 Å². The number of thiazole rings is 1. The first-order valence-corrected chi connectivity index (χ1v) is 8.46. The van der Waals surface area contributed by atoms with Gasteiger partial charge in [0.15, 0.2) is 5.13 Å². The molecule has 0 amide bonds. The summed E-state index contributed by atoms with van der Waals surface area (Å²) < 4.78 is 32.3. The lowest BCUT2D eigenvalue weighted by atomic mass is 10.2. The fraction of sp³-hybridized carbons (Fsp3) is 0.308. The molecular formula is C13H16N2O3S2. The van der Waals surface area contributed by atoms with E-state index in [2.05, 4.69) is 9.71 Å². The van der Waals surface area contributed by atoms with Crippen molar-refractivity contribution in [3.05, 3.63) is 41.4 Å². The molecule has 0 saturated heterocycles. The fourth-order valence-corrected chi connectivity index (χ4v) is 3.37. The maximum atomic E-state index is 12.2. The molecule has 0 aliphatic carbocycles. The molecule has 1 N–H and O–H groups in total. The second-order valence-corrected chi connectivity index (χ2v) is 7.03. The van der Waals surface area contributed by atoms with E-state index in [9.17, 15) is 8.42 Å². The van der Waals surface area contributed by atoms with E-state index in [4.69, 9.17) is 4.74 Å². The molecule has 0 bridgehead atoms. The zero-order valence-corrected chi connectivity index (χ0v) is 12.9. The van der Waals surface area contributed by atoms with Crippen LogP contribution in [0.1, 0.15) is 19.4 Å². The van der Waals surface area contributed by atoms with Gasteiger partial charge in [0.05, 0.1) is 17.6 Å². The van der Waals surface area contributed by atoms with Crippen molar-refractivity contribution in [2.24, 2.45) is 0 Å². The van der Waals surface area contributed by atoms with Gasteiger partial charge in [-0.1, -0.05) is 12.1 Å². The first kappa shape index (κ1) is 15.0. The second kappa shape index (κ2) is 6.34. The number of benzene rings is 1. The number of nitrogens with one attached hydrogen (secondary N) is 1. The molecule has 0 spiro atoms. The third-order valence-electron chi connectivity index (χ3n) is 2.45. The predicted molar refractivity (Wildman–Crippen MR) is 79.3 cm³/mol. The Morgan fingerprint density at radius 1 is 1.40 bits per heavy atom. The Hall–Kier alpha value is -1.44. The minimum Gasteiger partial charge on any atom is -0.374 e. The SMILES string of the molecule is CC(C)OCc1cccc(S(=O)(=O)Nc2nccs2)c1. The highest BCUT2D eigenvalue weighted by molar-refractivity contribution is 7.93. The second-order valence-electron chi connectivity index (χ2n) is 4.45. The van der Waals surface area contributed by atoms with Crippen LogP contribution in [-0.4, -0.2) is 19.5 Å². The molecule has 2 rings (SSSR count). The van der Waals surface area contributed by atoms with E-state index in [1.54, 1.807) is 29.8 Å². The van der Waals surface area contributed by atoms with Crippen LogP contribution < -0.4 is 4.72 Å². The first-order chi connectivity index (χ1) is 9.47. The lowest BCUT2D eigenvalue weighted by Crippen LogP contribution is -2.13. The van der Waals surface area contributed by atoms with Crippen molar-refractivity contribution in [1.82, 2.24) is 4.98 Å². The molecule has 1 aromatic carbocycles. The zero-order valence-electron chi connectivity index (χ0n) is 11.2. The maximum Gasteiger partial charge on any atom is 0.263 e. The molecule has 0 fully saturated rings. The van der Waals surface area contributed by atoms with Crippen LogP contribution in [0.3, 0.4) is 0 Å². The van der Waals surface area contributed by atoms with Crippen molar-refractivity contribution in [3.8, 4) is 0 Å². The van der Waals surface area contributed by atoms with Crippen LogP contribution >= 0.6 is 11.3 Å². The molecule has 0 atom stereocenters. The lowest BCUT2D eigenvalue weighted by Gasteiger charge is -2.09. The number of rotatable bonds is 6. The number of hydrogen-bond acceptors (Lipinski definition) is 5. The molecule has 7 heteroatoms. The van der Waals surface area contributed by atoms with Crippen molar-refractivity contribution < 1.29 is 13.2 Å². The van der Waals surface area contributed by atoms with Crippen molar-refractivity contribution in [3.63, 3.8) is 0 Å². The Balaban J connectivity index is 2.17. The predicted octanol–water partition coefficient (Wildman–Crippen LogP) is 2.87. The number of aromatic nitrogens is 1. The van der Waals surface area contributed by atoms with Gasteiger partial charge in [-0.2, -0.15) is 0 Å². The molecule has 0 unspecified atom stereocenters. The molecule has 20 heavy (non-hydrogen) atoms. The molecule has 108 valence electrons. The molecule has 0 radical (unpaired) electrons. The summed E-state index contributed by atoms with van der Waals surface area (Å²) >= 11 is 1.24. The van der Waals surface area contributed by atoms with Gasteiger partial charge in [0.25, 0.3) is 10.0 Å². The van der Waals surface area contributed by atoms with Gasteiger partial charge in [-0.3, -0.25) is 4.72 Å². The minimum absolute atomic E-state index is 0.101. The number of hydrogen-bond donors (Lipinski definition) is 1. The van der Waals surface area contributed by atoms with Gasteiger partial charge in [0.2, 0.25) is 0 Å². The normalized spacial score (nSPS) is 11.8. The Kier molecular flexibility index (Phi) is 4.74. The van der Waals surface area contributed by atoms with E-state index < -0.39 is 10.0 Å². The van der Waals surface area contributed by atoms with E-state index >= 15 is 0 Å². The third kappa shape index (κ3) is 4.03. The zero-order chi connectivity index (χ0) is 14.6.